The van der Waals surface area contributed by atoms with Crippen LogP contribution in [0.1, 0.15) is 30.9 Å². The van der Waals surface area contributed by atoms with Crippen LogP contribution >= 0.6 is 0 Å². The SMILES string of the molecule is CC(=O)N1CCN(C(=O)Cc2ccc(C(F)(F)F)cc2)C(COCC2CCCN2)C1. The third-order valence-corrected chi connectivity index (χ3v) is 5.68. The molecule has 0 aliphatic carbocycles. The lowest BCUT2D eigenvalue weighted by Crippen LogP contribution is -2.58. The van der Waals surface area contributed by atoms with Crippen molar-refractivity contribution >= 4 is 11.8 Å². The molecule has 2 fully saturated rings. The summed E-state index contributed by atoms with van der Waals surface area (Å²) in [4.78, 5) is 28.1. The van der Waals surface area contributed by atoms with Gasteiger partial charge in [-0.15, -0.1) is 0 Å². The zero-order valence-corrected chi connectivity index (χ0v) is 17.1. The fourth-order valence-corrected chi connectivity index (χ4v) is 3.95. The highest BCUT2D eigenvalue weighted by molar-refractivity contribution is 5.80. The molecule has 2 saturated heterocycles. The van der Waals surface area contributed by atoms with Crippen molar-refractivity contribution in [1.29, 1.82) is 0 Å². The lowest BCUT2D eigenvalue weighted by Gasteiger charge is -2.41. The Morgan fingerprint density at radius 2 is 1.90 bits per heavy atom. The number of carbonyl (C=O) groups excluding carboxylic acids is 2. The van der Waals surface area contributed by atoms with Crippen LogP contribution in [0, 0.1) is 0 Å². The fourth-order valence-electron chi connectivity index (χ4n) is 3.95. The number of benzene rings is 1. The van der Waals surface area contributed by atoms with Crippen LogP contribution in [-0.2, 0) is 26.9 Å². The molecule has 2 atom stereocenters. The van der Waals surface area contributed by atoms with Crippen molar-refractivity contribution < 1.29 is 27.5 Å². The van der Waals surface area contributed by atoms with E-state index in [9.17, 15) is 22.8 Å². The number of piperazine rings is 1. The first kappa shape index (κ1) is 22.6. The van der Waals surface area contributed by atoms with Gasteiger partial charge in [0.2, 0.25) is 11.8 Å². The van der Waals surface area contributed by atoms with Crippen LogP contribution in [0.4, 0.5) is 13.2 Å². The first-order valence-electron chi connectivity index (χ1n) is 10.3. The second-order valence-corrected chi connectivity index (χ2v) is 7.91. The summed E-state index contributed by atoms with van der Waals surface area (Å²) < 4.78 is 44.0. The van der Waals surface area contributed by atoms with E-state index in [1.807, 2.05) is 0 Å². The van der Waals surface area contributed by atoms with Crippen LogP contribution in [0.25, 0.3) is 0 Å². The average molecular weight is 427 g/mol. The number of hydrogen-bond donors (Lipinski definition) is 1. The van der Waals surface area contributed by atoms with Gasteiger partial charge < -0.3 is 19.9 Å². The van der Waals surface area contributed by atoms with Crippen molar-refractivity contribution in [3.05, 3.63) is 35.4 Å². The van der Waals surface area contributed by atoms with Gasteiger partial charge in [-0.3, -0.25) is 9.59 Å². The van der Waals surface area contributed by atoms with E-state index in [1.54, 1.807) is 9.80 Å². The van der Waals surface area contributed by atoms with Crippen LogP contribution in [0.3, 0.4) is 0 Å². The van der Waals surface area contributed by atoms with E-state index in [4.69, 9.17) is 4.74 Å². The molecule has 0 bridgehead atoms. The van der Waals surface area contributed by atoms with Crippen molar-refractivity contribution in [2.45, 2.75) is 44.4 Å². The molecule has 3 rings (SSSR count). The van der Waals surface area contributed by atoms with E-state index in [1.165, 1.54) is 19.1 Å². The van der Waals surface area contributed by atoms with Crippen molar-refractivity contribution in [2.24, 2.45) is 0 Å². The zero-order chi connectivity index (χ0) is 21.7. The van der Waals surface area contributed by atoms with E-state index >= 15 is 0 Å². The van der Waals surface area contributed by atoms with Gasteiger partial charge in [0.1, 0.15) is 0 Å². The van der Waals surface area contributed by atoms with Crippen LogP contribution in [0.5, 0.6) is 0 Å². The monoisotopic (exact) mass is 427 g/mol. The van der Waals surface area contributed by atoms with Crippen LogP contribution in [-0.4, -0.2) is 73.1 Å². The molecule has 1 aromatic rings. The van der Waals surface area contributed by atoms with E-state index in [0.717, 1.165) is 31.5 Å². The second-order valence-electron chi connectivity index (χ2n) is 7.91. The van der Waals surface area contributed by atoms with Crippen molar-refractivity contribution in [3.63, 3.8) is 0 Å². The summed E-state index contributed by atoms with van der Waals surface area (Å²) in [7, 11) is 0. The number of nitrogens with one attached hydrogen (secondary N) is 1. The molecule has 2 amide bonds. The summed E-state index contributed by atoms with van der Waals surface area (Å²) in [6.45, 7) is 4.57. The number of amides is 2. The molecule has 0 radical (unpaired) electrons. The minimum absolute atomic E-state index is 0.0128. The molecule has 30 heavy (non-hydrogen) atoms. The smallest absolute Gasteiger partial charge is 0.378 e. The Labute approximate surface area is 174 Å². The van der Waals surface area contributed by atoms with Gasteiger partial charge in [-0.2, -0.15) is 13.2 Å². The number of ether oxygens (including phenoxy) is 1. The number of halogens is 3. The van der Waals surface area contributed by atoms with Gasteiger partial charge in [-0.05, 0) is 37.1 Å². The third kappa shape index (κ3) is 5.95. The van der Waals surface area contributed by atoms with E-state index in [-0.39, 0.29) is 24.3 Å². The predicted molar refractivity (Wildman–Crippen MR) is 105 cm³/mol. The average Bonchev–Trinajstić information content (AvgIpc) is 3.21. The van der Waals surface area contributed by atoms with Gasteiger partial charge >= 0.3 is 6.18 Å². The van der Waals surface area contributed by atoms with Gasteiger partial charge in [0.05, 0.1) is 31.2 Å². The molecule has 1 N–H and O–H groups in total. The molecule has 2 unspecified atom stereocenters. The molecular weight excluding hydrogens is 399 g/mol. The van der Waals surface area contributed by atoms with E-state index < -0.39 is 11.7 Å². The molecule has 6 nitrogen and oxygen atoms in total. The molecule has 9 heteroatoms. The third-order valence-electron chi connectivity index (χ3n) is 5.68. The summed E-state index contributed by atoms with van der Waals surface area (Å²) in [5.74, 6) is -0.224. The highest BCUT2D eigenvalue weighted by Gasteiger charge is 2.33. The van der Waals surface area contributed by atoms with Gasteiger partial charge in [-0.25, -0.2) is 0 Å². The maximum absolute atomic E-state index is 12.9. The Hall–Kier alpha value is -2.13. The summed E-state index contributed by atoms with van der Waals surface area (Å²) >= 11 is 0. The Morgan fingerprint density at radius 1 is 1.17 bits per heavy atom. The number of hydrogen-bond acceptors (Lipinski definition) is 4. The summed E-state index contributed by atoms with van der Waals surface area (Å²) in [6.07, 6.45) is -2.21. The largest absolute Gasteiger partial charge is 0.416 e. The Morgan fingerprint density at radius 3 is 2.50 bits per heavy atom. The minimum atomic E-state index is -4.40. The molecule has 0 aromatic heterocycles. The van der Waals surface area contributed by atoms with Crippen LogP contribution in [0.15, 0.2) is 24.3 Å². The topological polar surface area (TPSA) is 61.9 Å². The quantitative estimate of drug-likeness (QED) is 0.755. The Bertz CT molecular complexity index is 733. The number of nitrogens with zero attached hydrogens (tertiary/aromatic N) is 2. The van der Waals surface area contributed by atoms with Gasteiger partial charge in [0, 0.05) is 32.6 Å². The zero-order valence-electron chi connectivity index (χ0n) is 17.1. The minimum Gasteiger partial charge on any atom is -0.378 e. The highest BCUT2D eigenvalue weighted by Crippen LogP contribution is 2.29. The van der Waals surface area contributed by atoms with Crippen molar-refractivity contribution in [3.8, 4) is 0 Å². The predicted octanol–water partition coefficient (Wildman–Crippen LogP) is 2.08. The summed E-state index contributed by atoms with van der Waals surface area (Å²) in [6, 6.07) is 4.70. The highest BCUT2D eigenvalue weighted by atomic mass is 19.4. The first-order valence-corrected chi connectivity index (χ1v) is 10.3. The number of alkyl halides is 3. The van der Waals surface area contributed by atoms with Gasteiger partial charge in [0.15, 0.2) is 0 Å². The molecule has 1 aromatic carbocycles. The fraction of sp³-hybridized carbons (Fsp3) is 0.619. The molecule has 2 aliphatic rings. The standard InChI is InChI=1S/C21H28F3N3O3/c1-15(28)26-9-10-27(19(12-26)14-30-13-18-3-2-8-25-18)20(29)11-16-4-6-17(7-5-16)21(22,23)24/h4-7,18-19,25H,2-3,8-14H2,1H3. The summed E-state index contributed by atoms with van der Waals surface area (Å²) in [5, 5.41) is 3.35. The Balaban J connectivity index is 1.61. The molecule has 166 valence electrons. The van der Waals surface area contributed by atoms with Crippen molar-refractivity contribution in [1.82, 2.24) is 15.1 Å². The molecule has 2 aliphatic heterocycles. The molecule has 2 heterocycles. The maximum Gasteiger partial charge on any atom is 0.416 e. The molecular formula is C21H28F3N3O3. The Kier molecular flexibility index (Phi) is 7.36. The van der Waals surface area contributed by atoms with E-state index in [0.29, 0.717) is 44.5 Å². The van der Waals surface area contributed by atoms with Crippen LogP contribution < -0.4 is 5.32 Å². The normalized spacial score (nSPS) is 22.4. The van der Waals surface area contributed by atoms with Gasteiger partial charge in [-0.1, -0.05) is 12.1 Å². The lowest BCUT2D eigenvalue weighted by molar-refractivity contribution is -0.143. The lowest BCUT2D eigenvalue weighted by atomic mass is 10.1. The van der Waals surface area contributed by atoms with Gasteiger partial charge in [0.25, 0.3) is 0 Å². The second kappa shape index (κ2) is 9.78. The number of rotatable bonds is 6. The first-order chi connectivity index (χ1) is 14.2. The summed E-state index contributed by atoms with van der Waals surface area (Å²) in [5.41, 5.74) is -0.211. The maximum atomic E-state index is 12.9. The molecule has 0 spiro atoms. The van der Waals surface area contributed by atoms with Crippen molar-refractivity contribution in [2.75, 3.05) is 39.4 Å². The van der Waals surface area contributed by atoms with E-state index in [2.05, 4.69) is 5.32 Å². The van der Waals surface area contributed by atoms with Crippen LogP contribution in [0.2, 0.25) is 0 Å². The molecule has 0 saturated carbocycles. The number of carbonyl (C=O) groups is 2.